The number of halogens is 3. The van der Waals surface area contributed by atoms with Crippen molar-refractivity contribution in [2.75, 3.05) is 0 Å². The lowest BCUT2D eigenvalue weighted by Crippen LogP contribution is -2.34. The number of nitrogens with zero attached hydrogens (tertiary/aromatic N) is 2. The van der Waals surface area contributed by atoms with Crippen LogP contribution in [0, 0.1) is 0 Å². The Kier molecular flexibility index (Phi) is 3.57. The van der Waals surface area contributed by atoms with Crippen molar-refractivity contribution in [3.05, 3.63) is 11.7 Å². The molecule has 0 spiro atoms. The first kappa shape index (κ1) is 13.0. The van der Waals surface area contributed by atoms with E-state index in [1.807, 2.05) is 0 Å². The van der Waals surface area contributed by atoms with Gasteiger partial charge in [-0.3, -0.25) is 0 Å². The summed E-state index contributed by atoms with van der Waals surface area (Å²) < 4.78 is 40.5. The Morgan fingerprint density at radius 3 is 2.44 bits per heavy atom. The summed E-state index contributed by atoms with van der Waals surface area (Å²) in [5.74, 6) is 0.334. The molecular weight excluding hydrogens is 223 g/mol. The van der Waals surface area contributed by atoms with Crippen molar-refractivity contribution in [3.63, 3.8) is 0 Å². The molecule has 92 valence electrons. The van der Waals surface area contributed by atoms with Gasteiger partial charge in [0.15, 0.2) is 5.82 Å². The first-order valence-electron chi connectivity index (χ1n) is 4.83. The zero-order valence-electron chi connectivity index (χ0n) is 9.14. The highest BCUT2D eigenvalue weighted by Crippen LogP contribution is 2.21. The van der Waals surface area contributed by atoms with Crippen LogP contribution in [0.2, 0.25) is 0 Å². The van der Waals surface area contributed by atoms with Crippen LogP contribution in [0.25, 0.3) is 0 Å². The molecule has 0 aliphatic rings. The zero-order chi connectivity index (χ0) is 12.4. The first-order valence-corrected chi connectivity index (χ1v) is 4.83. The van der Waals surface area contributed by atoms with Gasteiger partial charge in [-0.05, 0) is 13.8 Å². The fourth-order valence-electron chi connectivity index (χ4n) is 1.11. The van der Waals surface area contributed by atoms with E-state index >= 15 is 0 Å². The largest absolute Gasteiger partial charge is 0.389 e. The van der Waals surface area contributed by atoms with Crippen LogP contribution >= 0.6 is 0 Å². The van der Waals surface area contributed by atoms with E-state index in [2.05, 4.69) is 10.1 Å². The molecule has 1 aromatic rings. The van der Waals surface area contributed by atoms with Gasteiger partial charge in [-0.1, -0.05) is 5.16 Å². The van der Waals surface area contributed by atoms with Crippen LogP contribution in [-0.2, 0) is 12.8 Å². The molecule has 7 heteroatoms. The predicted octanol–water partition coefficient (Wildman–Crippen LogP) is 1.84. The van der Waals surface area contributed by atoms with Gasteiger partial charge in [0.25, 0.3) is 0 Å². The molecule has 0 unspecified atom stereocenters. The van der Waals surface area contributed by atoms with Gasteiger partial charge in [-0.15, -0.1) is 0 Å². The van der Waals surface area contributed by atoms with Gasteiger partial charge in [-0.2, -0.15) is 18.2 Å². The summed E-state index contributed by atoms with van der Waals surface area (Å²) in [6.45, 7) is 3.54. The molecule has 0 saturated carbocycles. The van der Waals surface area contributed by atoms with Crippen LogP contribution < -0.4 is 5.73 Å². The highest BCUT2D eigenvalue weighted by Gasteiger charge is 2.27. The molecule has 4 nitrogen and oxygen atoms in total. The Balaban J connectivity index is 2.52. The molecule has 0 saturated heterocycles. The molecular formula is C9H14F3N3O. The van der Waals surface area contributed by atoms with Gasteiger partial charge in [0.05, 0.1) is 6.42 Å². The SMILES string of the molecule is CC(C)(N)Cc1nc(CCC(F)(F)F)no1. The van der Waals surface area contributed by atoms with Gasteiger partial charge in [0.2, 0.25) is 5.89 Å². The van der Waals surface area contributed by atoms with E-state index in [4.69, 9.17) is 10.3 Å². The van der Waals surface area contributed by atoms with E-state index in [1.54, 1.807) is 13.8 Å². The summed E-state index contributed by atoms with van der Waals surface area (Å²) in [6.07, 6.45) is -5.07. The lowest BCUT2D eigenvalue weighted by atomic mass is 10.0. The summed E-state index contributed by atoms with van der Waals surface area (Å²) in [6, 6.07) is 0. The van der Waals surface area contributed by atoms with Gasteiger partial charge < -0.3 is 10.3 Å². The molecule has 16 heavy (non-hydrogen) atoms. The number of aryl methyl sites for hydroxylation is 1. The highest BCUT2D eigenvalue weighted by molar-refractivity contribution is 4.92. The minimum absolute atomic E-state index is 0.0663. The van der Waals surface area contributed by atoms with Crippen LogP contribution in [0.15, 0.2) is 4.52 Å². The van der Waals surface area contributed by atoms with E-state index < -0.39 is 18.1 Å². The number of aromatic nitrogens is 2. The Labute approximate surface area is 91.0 Å². The Morgan fingerprint density at radius 2 is 1.94 bits per heavy atom. The Morgan fingerprint density at radius 1 is 1.31 bits per heavy atom. The average molecular weight is 237 g/mol. The molecule has 1 rings (SSSR count). The fourth-order valence-corrected chi connectivity index (χ4v) is 1.11. The van der Waals surface area contributed by atoms with Crippen molar-refractivity contribution >= 4 is 0 Å². The van der Waals surface area contributed by atoms with Crippen LogP contribution in [-0.4, -0.2) is 21.9 Å². The third-order valence-corrected chi connectivity index (χ3v) is 1.75. The molecule has 2 N–H and O–H groups in total. The van der Waals surface area contributed by atoms with Crippen molar-refractivity contribution in [3.8, 4) is 0 Å². The molecule has 0 aliphatic heterocycles. The highest BCUT2D eigenvalue weighted by atomic mass is 19.4. The smallest absolute Gasteiger partial charge is 0.339 e. The van der Waals surface area contributed by atoms with E-state index in [1.165, 1.54) is 0 Å². The van der Waals surface area contributed by atoms with Crippen LogP contribution in [0.4, 0.5) is 13.2 Å². The van der Waals surface area contributed by atoms with Crippen molar-refractivity contribution in [1.29, 1.82) is 0 Å². The molecule has 0 radical (unpaired) electrons. The van der Waals surface area contributed by atoms with E-state index in [-0.39, 0.29) is 18.1 Å². The lowest BCUT2D eigenvalue weighted by Gasteiger charge is -2.14. The normalized spacial score (nSPS) is 13.1. The van der Waals surface area contributed by atoms with E-state index in [0.29, 0.717) is 6.42 Å². The molecule has 0 bridgehead atoms. The predicted molar refractivity (Wildman–Crippen MR) is 50.6 cm³/mol. The van der Waals surface area contributed by atoms with Crippen molar-refractivity contribution in [2.24, 2.45) is 5.73 Å². The van der Waals surface area contributed by atoms with E-state index in [9.17, 15) is 13.2 Å². The second-order valence-electron chi connectivity index (χ2n) is 4.38. The molecule has 0 fully saturated rings. The third-order valence-electron chi connectivity index (χ3n) is 1.75. The summed E-state index contributed by atoms with van der Waals surface area (Å²) in [5.41, 5.74) is 5.19. The van der Waals surface area contributed by atoms with E-state index in [0.717, 1.165) is 0 Å². The zero-order valence-corrected chi connectivity index (χ0v) is 9.14. The second kappa shape index (κ2) is 4.40. The number of hydrogen-bond donors (Lipinski definition) is 1. The molecule has 0 aliphatic carbocycles. The molecule has 0 aromatic carbocycles. The quantitative estimate of drug-likeness (QED) is 0.867. The number of alkyl halides is 3. The first-order chi connectivity index (χ1) is 7.16. The number of hydrogen-bond acceptors (Lipinski definition) is 4. The fraction of sp³-hybridized carbons (Fsp3) is 0.778. The average Bonchev–Trinajstić information content (AvgIpc) is 2.44. The third kappa shape index (κ3) is 5.11. The van der Waals surface area contributed by atoms with Crippen molar-refractivity contribution < 1.29 is 17.7 Å². The van der Waals surface area contributed by atoms with Gasteiger partial charge in [0.1, 0.15) is 0 Å². The number of rotatable bonds is 4. The standard InChI is InChI=1S/C9H14F3N3O/c1-8(2,13)5-7-14-6(15-16-7)3-4-9(10,11)12/h3-5,13H2,1-2H3. The molecule has 0 atom stereocenters. The maximum atomic E-state index is 11.9. The second-order valence-corrected chi connectivity index (χ2v) is 4.38. The monoisotopic (exact) mass is 237 g/mol. The Bertz CT molecular complexity index is 341. The van der Waals surface area contributed by atoms with Gasteiger partial charge >= 0.3 is 6.18 Å². The topological polar surface area (TPSA) is 64.9 Å². The molecule has 0 amide bonds. The maximum absolute atomic E-state index is 11.9. The summed E-state index contributed by atoms with van der Waals surface area (Å²) in [5, 5.41) is 3.46. The molecule has 1 heterocycles. The lowest BCUT2D eigenvalue weighted by molar-refractivity contribution is -0.134. The Hall–Kier alpha value is -1.11. The molecule has 1 aromatic heterocycles. The maximum Gasteiger partial charge on any atom is 0.389 e. The van der Waals surface area contributed by atoms with Crippen LogP contribution in [0.3, 0.4) is 0 Å². The summed E-state index contributed by atoms with van der Waals surface area (Å²) in [4.78, 5) is 3.84. The summed E-state index contributed by atoms with van der Waals surface area (Å²) in [7, 11) is 0. The van der Waals surface area contributed by atoms with Gasteiger partial charge in [0, 0.05) is 18.4 Å². The minimum atomic E-state index is -4.20. The van der Waals surface area contributed by atoms with Crippen molar-refractivity contribution in [1.82, 2.24) is 10.1 Å². The summed E-state index contributed by atoms with van der Waals surface area (Å²) >= 11 is 0. The van der Waals surface area contributed by atoms with Crippen LogP contribution in [0.5, 0.6) is 0 Å². The van der Waals surface area contributed by atoms with Gasteiger partial charge in [-0.25, -0.2) is 0 Å². The minimum Gasteiger partial charge on any atom is -0.339 e. The number of nitrogens with two attached hydrogens (primary N) is 1. The van der Waals surface area contributed by atoms with Crippen molar-refractivity contribution in [2.45, 2.75) is 44.8 Å². The van der Waals surface area contributed by atoms with Crippen LogP contribution in [0.1, 0.15) is 32.0 Å².